The molecule has 7 heteroatoms. The fourth-order valence-electron chi connectivity index (χ4n) is 2.01. The lowest BCUT2D eigenvalue weighted by atomic mass is 10.2. The number of thiazole rings is 1. The summed E-state index contributed by atoms with van der Waals surface area (Å²) in [6, 6.07) is 0. The second-order valence-corrected chi connectivity index (χ2v) is 5.50. The first kappa shape index (κ1) is 12.0. The zero-order valence-corrected chi connectivity index (χ0v) is 11.6. The van der Waals surface area contributed by atoms with Gasteiger partial charge in [0.05, 0.1) is 5.69 Å². The van der Waals surface area contributed by atoms with Crippen molar-refractivity contribution in [2.24, 2.45) is 0 Å². The largest absolute Gasteiger partial charge is 0.408 e. The minimum absolute atomic E-state index is 0.135. The van der Waals surface area contributed by atoms with Crippen LogP contribution in [0.15, 0.2) is 4.42 Å². The SMILES string of the molecule is CCc1nc(C2CCCO2)sc1-c1n[nH]c(=S)o1. The van der Waals surface area contributed by atoms with E-state index in [-0.39, 0.29) is 6.10 Å². The van der Waals surface area contributed by atoms with Crippen molar-refractivity contribution in [3.63, 3.8) is 0 Å². The molecule has 3 heterocycles. The molecule has 0 saturated carbocycles. The van der Waals surface area contributed by atoms with Gasteiger partial charge in [-0.05, 0) is 31.5 Å². The number of aryl methyl sites for hydroxylation is 1. The van der Waals surface area contributed by atoms with Crippen molar-refractivity contribution in [3.8, 4) is 10.8 Å². The quantitative estimate of drug-likeness (QED) is 0.876. The van der Waals surface area contributed by atoms with Crippen molar-refractivity contribution in [1.29, 1.82) is 0 Å². The molecule has 0 bridgehead atoms. The van der Waals surface area contributed by atoms with Gasteiger partial charge in [0.2, 0.25) is 0 Å². The number of H-pyrrole nitrogens is 1. The van der Waals surface area contributed by atoms with Crippen molar-refractivity contribution in [2.45, 2.75) is 32.3 Å². The van der Waals surface area contributed by atoms with Gasteiger partial charge in [0, 0.05) is 6.61 Å². The number of nitrogens with one attached hydrogen (secondary N) is 1. The minimum Gasteiger partial charge on any atom is -0.408 e. The standard InChI is InChI=1S/C11H13N3O2S2/c1-2-6-8(9-13-14-11(17)16-9)18-10(12-6)7-4-3-5-15-7/h7H,2-5H2,1H3,(H,14,17). The number of nitrogens with zero attached hydrogens (tertiary/aromatic N) is 2. The Balaban J connectivity index is 2.00. The van der Waals surface area contributed by atoms with Crippen molar-refractivity contribution >= 4 is 23.6 Å². The number of hydrogen-bond donors (Lipinski definition) is 1. The highest BCUT2D eigenvalue weighted by Gasteiger charge is 2.24. The van der Waals surface area contributed by atoms with Gasteiger partial charge in [0.1, 0.15) is 16.0 Å². The summed E-state index contributed by atoms with van der Waals surface area (Å²) in [6.07, 6.45) is 3.12. The van der Waals surface area contributed by atoms with Gasteiger partial charge >= 0.3 is 0 Å². The summed E-state index contributed by atoms with van der Waals surface area (Å²) < 4.78 is 11.0. The van der Waals surface area contributed by atoms with Crippen LogP contribution in [0.2, 0.25) is 0 Å². The highest BCUT2D eigenvalue weighted by Crippen LogP contribution is 2.37. The molecule has 1 fully saturated rings. The first-order valence-corrected chi connectivity index (χ1v) is 7.17. The molecule has 0 aromatic carbocycles. The zero-order valence-electron chi connectivity index (χ0n) is 9.93. The molecule has 1 atom stereocenters. The van der Waals surface area contributed by atoms with Crippen LogP contribution in [0.1, 0.15) is 36.6 Å². The highest BCUT2D eigenvalue weighted by molar-refractivity contribution is 7.71. The molecule has 0 radical (unpaired) electrons. The maximum Gasteiger partial charge on any atom is 0.284 e. The average molecular weight is 283 g/mol. The van der Waals surface area contributed by atoms with Gasteiger partial charge in [-0.25, -0.2) is 10.1 Å². The van der Waals surface area contributed by atoms with Crippen molar-refractivity contribution in [1.82, 2.24) is 15.2 Å². The molecule has 18 heavy (non-hydrogen) atoms. The van der Waals surface area contributed by atoms with Gasteiger partial charge in [0.25, 0.3) is 10.7 Å². The molecule has 1 aliphatic rings. The molecule has 3 rings (SSSR count). The third kappa shape index (κ3) is 2.13. The van der Waals surface area contributed by atoms with Crippen LogP contribution >= 0.6 is 23.6 Å². The van der Waals surface area contributed by atoms with Crippen LogP contribution in [0, 0.1) is 4.84 Å². The highest BCUT2D eigenvalue weighted by atomic mass is 32.1. The number of hydrogen-bond acceptors (Lipinski definition) is 6. The predicted molar refractivity (Wildman–Crippen MR) is 70.1 cm³/mol. The molecule has 0 amide bonds. The molecule has 1 unspecified atom stereocenters. The van der Waals surface area contributed by atoms with Crippen molar-refractivity contribution < 1.29 is 9.15 Å². The maximum atomic E-state index is 5.66. The molecule has 2 aromatic rings. The summed E-state index contributed by atoms with van der Waals surface area (Å²) in [7, 11) is 0. The van der Waals surface area contributed by atoms with E-state index in [0.29, 0.717) is 10.7 Å². The maximum absolute atomic E-state index is 5.66. The van der Waals surface area contributed by atoms with Crippen LogP contribution in [0.3, 0.4) is 0 Å². The molecule has 1 N–H and O–H groups in total. The summed E-state index contributed by atoms with van der Waals surface area (Å²) in [6.45, 7) is 2.89. The summed E-state index contributed by atoms with van der Waals surface area (Å²) in [5.41, 5.74) is 0.996. The van der Waals surface area contributed by atoms with Gasteiger partial charge in [0.15, 0.2) is 0 Å². The van der Waals surface area contributed by atoms with Gasteiger partial charge < -0.3 is 9.15 Å². The molecular formula is C11H13N3O2S2. The Kier molecular flexibility index (Phi) is 3.27. The first-order chi connectivity index (χ1) is 8.78. The molecule has 96 valence electrons. The van der Waals surface area contributed by atoms with Crippen molar-refractivity contribution in [2.75, 3.05) is 6.61 Å². The predicted octanol–water partition coefficient (Wildman–Crippen LogP) is 3.27. The number of aromatic nitrogens is 3. The molecule has 5 nitrogen and oxygen atoms in total. The lowest BCUT2D eigenvalue weighted by Crippen LogP contribution is -1.95. The zero-order chi connectivity index (χ0) is 12.5. The minimum atomic E-state index is 0.135. The van der Waals surface area contributed by atoms with Crippen molar-refractivity contribution in [3.05, 3.63) is 15.5 Å². The smallest absolute Gasteiger partial charge is 0.284 e. The first-order valence-electron chi connectivity index (χ1n) is 5.95. The Hall–Kier alpha value is -1.05. The normalized spacial score (nSPS) is 19.5. The van der Waals surface area contributed by atoms with Crippen LogP contribution in [0.25, 0.3) is 10.8 Å². The van der Waals surface area contributed by atoms with Gasteiger partial charge in [-0.1, -0.05) is 6.92 Å². The monoisotopic (exact) mass is 283 g/mol. The van der Waals surface area contributed by atoms with E-state index in [1.807, 2.05) is 0 Å². The Bertz CT molecular complexity index is 595. The second-order valence-electron chi connectivity index (χ2n) is 4.10. The van der Waals surface area contributed by atoms with Crippen LogP contribution in [0.5, 0.6) is 0 Å². The fourth-order valence-corrected chi connectivity index (χ4v) is 3.30. The Morgan fingerprint density at radius 1 is 1.56 bits per heavy atom. The Labute approximate surface area is 113 Å². The van der Waals surface area contributed by atoms with E-state index >= 15 is 0 Å². The number of rotatable bonds is 3. The van der Waals surface area contributed by atoms with E-state index in [0.717, 1.165) is 41.4 Å². The molecule has 0 spiro atoms. The lowest BCUT2D eigenvalue weighted by Gasteiger charge is -2.03. The molecule has 1 saturated heterocycles. The number of ether oxygens (including phenoxy) is 1. The fraction of sp³-hybridized carbons (Fsp3) is 0.545. The van der Waals surface area contributed by atoms with E-state index in [1.165, 1.54) is 0 Å². The summed E-state index contributed by atoms with van der Waals surface area (Å²) in [4.78, 5) is 5.89. The van der Waals surface area contributed by atoms with E-state index in [1.54, 1.807) is 11.3 Å². The van der Waals surface area contributed by atoms with Crippen LogP contribution in [-0.2, 0) is 11.2 Å². The third-order valence-electron chi connectivity index (χ3n) is 2.89. The van der Waals surface area contributed by atoms with E-state index in [4.69, 9.17) is 21.4 Å². The third-order valence-corrected chi connectivity index (χ3v) is 4.24. The summed E-state index contributed by atoms with van der Waals surface area (Å²) in [5.74, 6) is 0.526. The Morgan fingerprint density at radius 2 is 2.44 bits per heavy atom. The van der Waals surface area contributed by atoms with Crippen LogP contribution in [0.4, 0.5) is 0 Å². The van der Waals surface area contributed by atoms with Gasteiger partial charge in [-0.3, -0.25) is 0 Å². The lowest BCUT2D eigenvalue weighted by molar-refractivity contribution is 0.111. The Morgan fingerprint density at radius 3 is 3.06 bits per heavy atom. The van der Waals surface area contributed by atoms with E-state index in [2.05, 4.69) is 22.1 Å². The van der Waals surface area contributed by atoms with Gasteiger partial charge in [-0.15, -0.1) is 16.4 Å². The molecule has 2 aromatic heterocycles. The van der Waals surface area contributed by atoms with Crippen LogP contribution < -0.4 is 0 Å². The average Bonchev–Trinajstić information content (AvgIpc) is 3.07. The molecular weight excluding hydrogens is 270 g/mol. The van der Waals surface area contributed by atoms with Gasteiger partial charge in [-0.2, -0.15) is 0 Å². The number of aromatic amines is 1. The van der Waals surface area contributed by atoms with E-state index in [9.17, 15) is 0 Å². The van der Waals surface area contributed by atoms with Crippen LogP contribution in [-0.4, -0.2) is 21.8 Å². The molecule has 1 aliphatic heterocycles. The topological polar surface area (TPSA) is 63.9 Å². The summed E-state index contributed by atoms with van der Waals surface area (Å²) >= 11 is 6.49. The molecule has 0 aliphatic carbocycles. The second kappa shape index (κ2) is 4.91. The summed E-state index contributed by atoms with van der Waals surface area (Å²) in [5, 5.41) is 7.73. The van der Waals surface area contributed by atoms with E-state index < -0.39 is 0 Å².